The molecule has 0 saturated carbocycles. The lowest BCUT2D eigenvalue weighted by Crippen LogP contribution is -2.49. The van der Waals surface area contributed by atoms with Gasteiger partial charge in [0.2, 0.25) is 5.96 Å². The number of amides is 1. The lowest BCUT2D eigenvalue weighted by Gasteiger charge is -2.23. The summed E-state index contributed by atoms with van der Waals surface area (Å²) in [5.74, 6) is -2.14. The zero-order valence-corrected chi connectivity index (χ0v) is 17.6. The van der Waals surface area contributed by atoms with Gasteiger partial charge < -0.3 is 10.6 Å². The van der Waals surface area contributed by atoms with Gasteiger partial charge >= 0.3 is 12.4 Å². The first-order chi connectivity index (χ1) is 15.3. The van der Waals surface area contributed by atoms with Crippen LogP contribution in [0.3, 0.4) is 0 Å². The SMILES string of the molecule is CC1C(N/C(=N\C(=O)c2ccc(C(F)(F)F)cc2)Nc2cccc(Cl)c2)NNC1C(F)(F)F. The molecule has 33 heavy (non-hydrogen) atoms. The van der Waals surface area contributed by atoms with Crippen LogP contribution >= 0.6 is 11.6 Å². The standard InChI is InChI=1S/C20H18ClF6N5O/c1-10-15(20(25,26)27)31-32-16(10)29-18(28-14-4-2-3-13(21)9-14)30-17(33)11-5-7-12(8-6-11)19(22,23)24/h2-10,15-16,31-32H,1H3,(H2,28,29,30,33). The van der Waals surface area contributed by atoms with Crippen LogP contribution in [-0.4, -0.2) is 30.3 Å². The first-order valence-corrected chi connectivity index (χ1v) is 9.89. The number of nitrogens with one attached hydrogen (secondary N) is 4. The largest absolute Gasteiger partial charge is 0.416 e. The third-order valence-corrected chi connectivity index (χ3v) is 5.09. The average Bonchev–Trinajstić information content (AvgIpc) is 3.08. The zero-order valence-electron chi connectivity index (χ0n) is 16.9. The van der Waals surface area contributed by atoms with Gasteiger partial charge in [0.25, 0.3) is 5.91 Å². The lowest BCUT2D eigenvalue weighted by molar-refractivity contribution is -0.160. The van der Waals surface area contributed by atoms with Crippen LogP contribution in [0.15, 0.2) is 53.5 Å². The second-order valence-corrected chi connectivity index (χ2v) is 7.70. The number of carbonyl (C=O) groups is 1. The molecular formula is C20H18ClF6N5O. The van der Waals surface area contributed by atoms with E-state index >= 15 is 0 Å². The van der Waals surface area contributed by atoms with Crippen molar-refractivity contribution in [2.24, 2.45) is 10.9 Å². The molecule has 0 spiro atoms. The van der Waals surface area contributed by atoms with Crippen molar-refractivity contribution >= 4 is 29.2 Å². The third kappa shape index (κ3) is 6.36. The number of alkyl halides is 6. The maximum Gasteiger partial charge on any atom is 0.416 e. The molecule has 1 aliphatic rings. The number of rotatable bonds is 3. The van der Waals surface area contributed by atoms with Gasteiger partial charge in [-0.05, 0) is 42.5 Å². The van der Waals surface area contributed by atoms with Gasteiger partial charge in [-0.15, -0.1) is 0 Å². The Kier molecular flexibility index (Phi) is 7.20. The molecule has 0 bridgehead atoms. The maximum absolute atomic E-state index is 13.1. The number of halogens is 7. The second kappa shape index (κ2) is 9.57. The second-order valence-electron chi connectivity index (χ2n) is 7.27. The van der Waals surface area contributed by atoms with E-state index in [9.17, 15) is 31.1 Å². The van der Waals surface area contributed by atoms with E-state index in [0.717, 1.165) is 24.3 Å². The fourth-order valence-corrected chi connectivity index (χ4v) is 3.29. The number of hydrogen-bond acceptors (Lipinski definition) is 3. The molecule has 1 fully saturated rings. The Morgan fingerprint density at radius 2 is 1.70 bits per heavy atom. The fourth-order valence-electron chi connectivity index (χ4n) is 3.10. The van der Waals surface area contributed by atoms with E-state index in [1.54, 1.807) is 18.2 Å². The predicted molar refractivity (Wildman–Crippen MR) is 110 cm³/mol. The Labute approximate surface area is 189 Å². The van der Waals surface area contributed by atoms with Crippen molar-refractivity contribution in [2.45, 2.75) is 31.5 Å². The van der Waals surface area contributed by atoms with Crippen LogP contribution in [0.2, 0.25) is 5.02 Å². The van der Waals surface area contributed by atoms with Crippen molar-refractivity contribution in [3.05, 3.63) is 64.7 Å². The number of hydrazine groups is 1. The monoisotopic (exact) mass is 493 g/mol. The molecule has 1 heterocycles. The van der Waals surface area contributed by atoms with Gasteiger partial charge in [0, 0.05) is 22.2 Å². The number of aliphatic imine (C=N–C) groups is 1. The van der Waals surface area contributed by atoms with Gasteiger partial charge in [0.05, 0.1) is 11.7 Å². The smallest absolute Gasteiger partial charge is 0.339 e. The number of hydrogen-bond donors (Lipinski definition) is 4. The zero-order chi connectivity index (χ0) is 24.4. The molecular weight excluding hydrogens is 476 g/mol. The summed E-state index contributed by atoms with van der Waals surface area (Å²) < 4.78 is 77.7. The summed E-state index contributed by atoms with van der Waals surface area (Å²) in [6.45, 7) is 1.34. The van der Waals surface area contributed by atoms with Gasteiger partial charge in [0.1, 0.15) is 6.04 Å². The molecule has 0 radical (unpaired) electrons. The highest BCUT2D eigenvalue weighted by Gasteiger charge is 2.49. The molecule has 178 valence electrons. The number of guanidine groups is 1. The summed E-state index contributed by atoms with van der Waals surface area (Å²) in [5, 5.41) is 5.80. The highest BCUT2D eigenvalue weighted by atomic mass is 35.5. The summed E-state index contributed by atoms with van der Waals surface area (Å²) in [7, 11) is 0. The van der Waals surface area contributed by atoms with Crippen LogP contribution in [0.4, 0.5) is 32.0 Å². The van der Waals surface area contributed by atoms with Crippen molar-refractivity contribution in [1.29, 1.82) is 0 Å². The quantitative estimate of drug-likeness (QED) is 0.286. The molecule has 6 nitrogen and oxygen atoms in total. The minimum atomic E-state index is -4.57. The maximum atomic E-state index is 13.1. The summed E-state index contributed by atoms with van der Waals surface area (Å²) in [4.78, 5) is 16.4. The highest BCUT2D eigenvalue weighted by Crippen LogP contribution is 2.30. The van der Waals surface area contributed by atoms with Crippen molar-refractivity contribution in [3.8, 4) is 0 Å². The van der Waals surface area contributed by atoms with Crippen LogP contribution in [0.25, 0.3) is 0 Å². The van der Waals surface area contributed by atoms with Gasteiger partial charge in [0.15, 0.2) is 0 Å². The Hall–Kier alpha value is -2.83. The van der Waals surface area contributed by atoms with Gasteiger partial charge in [-0.1, -0.05) is 24.6 Å². The van der Waals surface area contributed by atoms with E-state index in [0.29, 0.717) is 10.7 Å². The lowest BCUT2D eigenvalue weighted by atomic mass is 10.0. The Bertz CT molecular complexity index is 1020. The predicted octanol–water partition coefficient (Wildman–Crippen LogP) is 4.56. The molecule has 0 aliphatic carbocycles. The van der Waals surface area contributed by atoms with E-state index in [4.69, 9.17) is 11.6 Å². The van der Waals surface area contributed by atoms with Crippen LogP contribution < -0.4 is 21.5 Å². The molecule has 13 heteroatoms. The molecule has 4 N–H and O–H groups in total. The van der Waals surface area contributed by atoms with Gasteiger partial charge in [-0.3, -0.25) is 4.79 Å². The number of carbonyl (C=O) groups excluding carboxylic acids is 1. The normalized spacial score (nSPS) is 21.7. The van der Waals surface area contributed by atoms with E-state index in [1.165, 1.54) is 13.0 Å². The molecule has 1 saturated heterocycles. The molecule has 3 atom stereocenters. The minimum absolute atomic E-state index is 0.145. The Morgan fingerprint density at radius 1 is 1.03 bits per heavy atom. The van der Waals surface area contributed by atoms with Crippen LogP contribution in [-0.2, 0) is 6.18 Å². The number of benzene rings is 2. The summed E-state index contributed by atoms with van der Waals surface area (Å²) in [5.41, 5.74) is 3.90. The van der Waals surface area contributed by atoms with E-state index in [2.05, 4.69) is 26.5 Å². The fraction of sp³-hybridized carbons (Fsp3) is 0.300. The van der Waals surface area contributed by atoms with Crippen molar-refractivity contribution < 1.29 is 31.1 Å². The molecule has 2 aromatic rings. The van der Waals surface area contributed by atoms with Crippen molar-refractivity contribution in [1.82, 2.24) is 16.2 Å². The summed E-state index contributed by atoms with van der Waals surface area (Å²) in [6.07, 6.45) is -10.1. The molecule has 3 unspecified atom stereocenters. The topological polar surface area (TPSA) is 77.5 Å². The van der Waals surface area contributed by atoms with E-state index in [-0.39, 0.29) is 11.5 Å². The number of nitrogens with zero attached hydrogens (tertiary/aromatic N) is 1. The third-order valence-electron chi connectivity index (χ3n) is 4.85. The van der Waals surface area contributed by atoms with E-state index < -0.39 is 41.9 Å². The Morgan fingerprint density at radius 3 is 2.24 bits per heavy atom. The number of anilines is 1. The molecule has 3 rings (SSSR count). The highest BCUT2D eigenvalue weighted by molar-refractivity contribution is 6.30. The molecule has 1 amide bonds. The van der Waals surface area contributed by atoms with Crippen LogP contribution in [0.1, 0.15) is 22.8 Å². The first-order valence-electron chi connectivity index (χ1n) is 9.52. The average molecular weight is 494 g/mol. The summed E-state index contributed by atoms with van der Waals surface area (Å²) >= 11 is 5.94. The summed E-state index contributed by atoms with van der Waals surface area (Å²) in [6, 6.07) is 7.79. The van der Waals surface area contributed by atoms with Crippen LogP contribution in [0.5, 0.6) is 0 Å². The van der Waals surface area contributed by atoms with Crippen molar-refractivity contribution in [2.75, 3.05) is 5.32 Å². The molecule has 2 aromatic carbocycles. The van der Waals surface area contributed by atoms with Crippen LogP contribution in [0, 0.1) is 5.92 Å². The van der Waals surface area contributed by atoms with E-state index in [1.807, 2.05) is 0 Å². The van der Waals surface area contributed by atoms with Gasteiger partial charge in [-0.25, -0.2) is 10.9 Å². The molecule has 0 aromatic heterocycles. The molecule has 1 aliphatic heterocycles. The first kappa shape index (κ1) is 24.8. The Balaban J connectivity index is 1.85. The minimum Gasteiger partial charge on any atom is -0.339 e. The van der Waals surface area contributed by atoms with Gasteiger partial charge in [-0.2, -0.15) is 31.3 Å². The van der Waals surface area contributed by atoms with Crippen molar-refractivity contribution in [3.63, 3.8) is 0 Å².